The van der Waals surface area contributed by atoms with Crippen LogP contribution in [0, 0.1) is 0 Å². The molecule has 0 spiro atoms. The van der Waals surface area contributed by atoms with Gasteiger partial charge in [-0.2, -0.15) is 0 Å². The molecule has 0 atom stereocenters. The molecule has 0 aliphatic carbocycles. The maximum atomic E-state index is 11.4. The van der Waals surface area contributed by atoms with Crippen molar-refractivity contribution in [1.82, 2.24) is 10.6 Å². The quantitative estimate of drug-likeness (QED) is 0.460. The number of hydrogen-bond acceptors (Lipinski definition) is 4. The van der Waals surface area contributed by atoms with Crippen molar-refractivity contribution in [3.05, 3.63) is 29.3 Å². The summed E-state index contributed by atoms with van der Waals surface area (Å²) in [4.78, 5) is 22.9. The van der Waals surface area contributed by atoms with E-state index < -0.39 is 18.9 Å². The number of nitrogens with one attached hydrogen (secondary N) is 2. The van der Waals surface area contributed by atoms with Crippen LogP contribution in [-0.4, -0.2) is 43.1 Å². The highest BCUT2D eigenvalue weighted by Gasteiger charge is 2.17. The lowest BCUT2D eigenvalue weighted by Gasteiger charge is -2.07. The molecule has 0 bridgehead atoms. The second-order valence-electron chi connectivity index (χ2n) is 3.38. The SMILES string of the molecule is CNC(=O)c1cc(B(O)O)cc(C(=O)NC)c1. The summed E-state index contributed by atoms with van der Waals surface area (Å²) in [6.45, 7) is 0. The van der Waals surface area contributed by atoms with Crippen LogP contribution in [0.15, 0.2) is 18.2 Å². The first kappa shape index (κ1) is 13.2. The monoisotopic (exact) mass is 236 g/mol. The van der Waals surface area contributed by atoms with E-state index in [4.69, 9.17) is 10.0 Å². The lowest BCUT2D eigenvalue weighted by atomic mass is 9.78. The molecule has 1 aromatic carbocycles. The third-order valence-corrected chi connectivity index (χ3v) is 2.23. The Kier molecular flexibility index (Phi) is 4.25. The van der Waals surface area contributed by atoms with E-state index in [9.17, 15) is 9.59 Å². The van der Waals surface area contributed by atoms with Crippen LogP contribution < -0.4 is 16.1 Å². The van der Waals surface area contributed by atoms with Gasteiger partial charge in [-0.3, -0.25) is 9.59 Å². The molecule has 90 valence electrons. The molecule has 0 fully saturated rings. The van der Waals surface area contributed by atoms with Gasteiger partial charge in [-0.15, -0.1) is 0 Å². The maximum Gasteiger partial charge on any atom is 0.488 e. The fourth-order valence-electron chi connectivity index (χ4n) is 1.35. The van der Waals surface area contributed by atoms with Crippen molar-refractivity contribution in [1.29, 1.82) is 0 Å². The number of rotatable bonds is 3. The smallest absolute Gasteiger partial charge is 0.423 e. The number of amides is 2. The van der Waals surface area contributed by atoms with Crippen molar-refractivity contribution in [2.75, 3.05) is 14.1 Å². The van der Waals surface area contributed by atoms with Crippen LogP contribution in [0.4, 0.5) is 0 Å². The Morgan fingerprint density at radius 3 is 1.71 bits per heavy atom. The van der Waals surface area contributed by atoms with E-state index in [1.54, 1.807) is 0 Å². The largest absolute Gasteiger partial charge is 0.488 e. The summed E-state index contributed by atoms with van der Waals surface area (Å²) in [5, 5.41) is 22.9. The van der Waals surface area contributed by atoms with Gasteiger partial charge in [-0.1, -0.05) is 0 Å². The fraction of sp³-hybridized carbons (Fsp3) is 0.200. The van der Waals surface area contributed by atoms with Gasteiger partial charge in [-0.25, -0.2) is 0 Å². The Hall–Kier alpha value is -1.86. The lowest BCUT2D eigenvalue weighted by Crippen LogP contribution is -2.33. The van der Waals surface area contributed by atoms with Gasteiger partial charge in [0.1, 0.15) is 0 Å². The molecule has 17 heavy (non-hydrogen) atoms. The zero-order chi connectivity index (χ0) is 13.0. The third kappa shape index (κ3) is 3.05. The maximum absolute atomic E-state index is 11.4. The zero-order valence-electron chi connectivity index (χ0n) is 9.52. The van der Waals surface area contributed by atoms with Crippen LogP contribution in [0.25, 0.3) is 0 Å². The zero-order valence-corrected chi connectivity index (χ0v) is 9.52. The van der Waals surface area contributed by atoms with Gasteiger partial charge in [0.05, 0.1) is 0 Å². The number of carbonyl (C=O) groups excluding carboxylic acids is 2. The summed E-state index contributed by atoms with van der Waals surface area (Å²) in [5.41, 5.74) is 0.470. The molecular formula is C10H13BN2O4. The first-order chi connectivity index (χ1) is 7.99. The van der Waals surface area contributed by atoms with Crippen LogP contribution in [0.5, 0.6) is 0 Å². The second kappa shape index (κ2) is 5.47. The van der Waals surface area contributed by atoms with Gasteiger partial charge in [0.25, 0.3) is 11.8 Å². The second-order valence-corrected chi connectivity index (χ2v) is 3.38. The summed E-state index contributed by atoms with van der Waals surface area (Å²) in [6, 6.07) is 4.01. The molecule has 1 aromatic rings. The molecule has 0 aromatic heterocycles. The number of carbonyl (C=O) groups is 2. The average molecular weight is 236 g/mol. The minimum atomic E-state index is -1.73. The molecule has 0 unspecified atom stereocenters. The van der Waals surface area contributed by atoms with Crippen molar-refractivity contribution < 1.29 is 19.6 Å². The molecule has 0 saturated carbocycles. The Morgan fingerprint density at radius 1 is 1.00 bits per heavy atom. The van der Waals surface area contributed by atoms with Gasteiger partial charge < -0.3 is 20.7 Å². The normalized spacial score (nSPS) is 9.65. The number of hydrogen-bond donors (Lipinski definition) is 4. The van der Waals surface area contributed by atoms with Gasteiger partial charge >= 0.3 is 7.12 Å². The van der Waals surface area contributed by atoms with Crippen LogP contribution in [0.2, 0.25) is 0 Å². The molecule has 2 amide bonds. The molecule has 6 nitrogen and oxygen atoms in total. The Morgan fingerprint density at radius 2 is 1.41 bits per heavy atom. The van der Waals surface area contributed by atoms with Gasteiger partial charge in [-0.05, 0) is 23.7 Å². The summed E-state index contributed by atoms with van der Waals surface area (Å²) >= 11 is 0. The Bertz CT molecular complexity index is 414. The highest BCUT2D eigenvalue weighted by atomic mass is 16.4. The van der Waals surface area contributed by atoms with Crippen molar-refractivity contribution in [3.63, 3.8) is 0 Å². The van der Waals surface area contributed by atoms with Gasteiger partial charge in [0.2, 0.25) is 0 Å². The summed E-state index contributed by atoms with van der Waals surface area (Å²) < 4.78 is 0. The first-order valence-corrected chi connectivity index (χ1v) is 4.95. The molecule has 1 rings (SSSR count). The van der Waals surface area contributed by atoms with Crippen molar-refractivity contribution in [3.8, 4) is 0 Å². The first-order valence-electron chi connectivity index (χ1n) is 4.95. The number of benzene rings is 1. The van der Waals surface area contributed by atoms with Crippen molar-refractivity contribution >= 4 is 24.4 Å². The standard InChI is InChI=1S/C10H13BN2O4/c1-12-9(14)6-3-7(10(15)13-2)5-8(4-6)11(16)17/h3-5,16-17H,1-2H3,(H,12,14)(H,13,15). The topological polar surface area (TPSA) is 98.7 Å². The fourth-order valence-corrected chi connectivity index (χ4v) is 1.35. The third-order valence-electron chi connectivity index (χ3n) is 2.23. The van der Waals surface area contributed by atoms with E-state index in [1.807, 2.05) is 0 Å². The Labute approximate surface area is 98.8 Å². The summed E-state index contributed by atoms with van der Waals surface area (Å²) in [5.74, 6) is -0.810. The predicted molar refractivity (Wildman–Crippen MR) is 63.0 cm³/mol. The highest BCUT2D eigenvalue weighted by Crippen LogP contribution is 2.04. The van der Waals surface area contributed by atoms with Crippen molar-refractivity contribution in [2.45, 2.75) is 0 Å². The molecule has 0 aliphatic rings. The van der Waals surface area contributed by atoms with E-state index in [1.165, 1.54) is 32.3 Å². The average Bonchev–Trinajstić information content (AvgIpc) is 2.36. The van der Waals surface area contributed by atoms with Gasteiger partial charge in [0, 0.05) is 25.2 Å². The highest BCUT2D eigenvalue weighted by molar-refractivity contribution is 6.58. The minimum absolute atomic E-state index is 0.0877. The predicted octanol–water partition coefficient (Wildman–Crippen LogP) is -1.91. The van der Waals surface area contributed by atoms with Crippen LogP contribution >= 0.6 is 0 Å². The van der Waals surface area contributed by atoms with Crippen LogP contribution in [-0.2, 0) is 0 Å². The molecular weight excluding hydrogens is 223 g/mol. The van der Waals surface area contributed by atoms with Crippen LogP contribution in [0.1, 0.15) is 20.7 Å². The van der Waals surface area contributed by atoms with E-state index in [2.05, 4.69) is 10.6 Å². The van der Waals surface area contributed by atoms with Crippen LogP contribution in [0.3, 0.4) is 0 Å². The molecule has 0 saturated heterocycles. The van der Waals surface area contributed by atoms with E-state index in [0.29, 0.717) is 0 Å². The Balaban J connectivity index is 3.28. The molecule has 7 heteroatoms. The molecule has 4 N–H and O–H groups in total. The van der Waals surface area contributed by atoms with Gasteiger partial charge in [0.15, 0.2) is 0 Å². The summed E-state index contributed by atoms with van der Waals surface area (Å²) in [7, 11) is 1.16. The van der Waals surface area contributed by atoms with Crippen molar-refractivity contribution in [2.24, 2.45) is 0 Å². The summed E-state index contributed by atoms with van der Waals surface area (Å²) in [6.07, 6.45) is 0. The van der Waals surface area contributed by atoms with E-state index >= 15 is 0 Å². The molecule has 0 heterocycles. The van der Waals surface area contributed by atoms with E-state index in [0.717, 1.165) is 0 Å². The molecule has 0 radical (unpaired) electrons. The molecule has 0 aliphatic heterocycles. The van der Waals surface area contributed by atoms with E-state index in [-0.39, 0.29) is 16.6 Å². The lowest BCUT2D eigenvalue weighted by molar-refractivity contribution is 0.0962. The minimum Gasteiger partial charge on any atom is -0.423 e.